The van der Waals surface area contributed by atoms with Gasteiger partial charge in [-0.25, -0.2) is 14.8 Å². The first kappa shape index (κ1) is 23.9. The highest BCUT2D eigenvalue weighted by Crippen LogP contribution is 2.36. The van der Waals surface area contributed by atoms with E-state index in [0.29, 0.717) is 60.7 Å². The number of amides is 2. The van der Waals surface area contributed by atoms with Crippen LogP contribution in [0.4, 0.5) is 22.4 Å². The van der Waals surface area contributed by atoms with Crippen LogP contribution in [0, 0.1) is 0 Å². The molecule has 38 heavy (non-hydrogen) atoms. The maximum Gasteiger partial charge on any atom is 0.413 e. The van der Waals surface area contributed by atoms with Crippen molar-refractivity contribution in [1.29, 1.82) is 0 Å². The van der Waals surface area contributed by atoms with E-state index >= 15 is 0 Å². The molecule has 2 N–H and O–H groups in total. The molecular weight excluding hydrogens is 518 g/mol. The van der Waals surface area contributed by atoms with Crippen molar-refractivity contribution < 1.29 is 24.2 Å². The number of pyridine rings is 2. The summed E-state index contributed by atoms with van der Waals surface area (Å²) in [5, 5.41) is 17.5. The normalized spacial score (nSPS) is 15.3. The summed E-state index contributed by atoms with van der Waals surface area (Å²) in [6, 6.07) is 4.48. The van der Waals surface area contributed by atoms with Gasteiger partial charge in [-0.2, -0.15) is 10.1 Å². The molecule has 15 heteroatoms. The van der Waals surface area contributed by atoms with Gasteiger partial charge in [0.25, 0.3) is 5.91 Å². The molecule has 6 heterocycles. The Morgan fingerprint density at radius 3 is 2.82 bits per heavy atom. The number of aromatic nitrogens is 6. The number of nitrogens with zero attached hydrogens (tertiary/aromatic N) is 8. The molecule has 14 nitrogen and oxygen atoms in total. The van der Waals surface area contributed by atoms with Crippen molar-refractivity contribution in [2.24, 2.45) is 7.05 Å². The van der Waals surface area contributed by atoms with Gasteiger partial charge < -0.3 is 29.4 Å². The minimum Gasteiger partial charge on any atom is -0.465 e. The molecule has 0 aromatic carbocycles. The summed E-state index contributed by atoms with van der Waals surface area (Å²) >= 11 is 6.71. The second-order valence-electron chi connectivity index (χ2n) is 8.89. The maximum absolute atomic E-state index is 12.4. The van der Waals surface area contributed by atoms with Crippen LogP contribution in [0.1, 0.15) is 10.5 Å². The summed E-state index contributed by atoms with van der Waals surface area (Å²) < 4.78 is 14.5. The lowest BCUT2D eigenvalue weighted by Gasteiger charge is -2.34. The van der Waals surface area contributed by atoms with Crippen LogP contribution in [0.2, 0.25) is 5.02 Å². The van der Waals surface area contributed by atoms with Crippen molar-refractivity contribution in [2.45, 2.75) is 12.6 Å². The van der Waals surface area contributed by atoms with Gasteiger partial charge in [0.15, 0.2) is 17.2 Å². The van der Waals surface area contributed by atoms with Crippen LogP contribution in [-0.2, 0) is 18.3 Å². The van der Waals surface area contributed by atoms with Crippen LogP contribution in [0.15, 0.2) is 30.6 Å². The first-order valence-electron chi connectivity index (χ1n) is 11.6. The summed E-state index contributed by atoms with van der Waals surface area (Å²) in [7, 11) is 3.52. The van der Waals surface area contributed by atoms with E-state index in [0.717, 1.165) is 4.90 Å². The Kier molecular flexibility index (Phi) is 5.76. The number of aryl methyl sites for hydroxylation is 1. The predicted molar refractivity (Wildman–Crippen MR) is 135 cm³/mol. The van der Waals surface area contributed by atoms with Gasteiger partial charge in [-0.3, -0.25) is 14.4 Å². The van der Waals surface area contributed by atoms with Gasteiger partial charge in [-0.05, 0) is 6.07 Å². The highest BCUT2D eigenvalue weighted by Gasteiger charge is 2.32. The second-order valence-corrected chi connectivity index (χ2v) is 9.27. The zero-order chi connectivity index (χ0) is 26.6. The Morgan fingerprint density at radius 2 is 2.08 bits per heavy atom. The molecule has 0 radical (unpaired) electrons. The SMILES string of the molecule is CN1CCn2nc(Nc3nc4ncc(Oc5ccnc(N(C(=O)O)C6COC6)c5)c(Cl)c4n3C)cc2C1=O. The highest BCUT2D eigenvalue weighted by molar-refractivity contribution is 6.36. The lowest BCUT2D eigenvalue weighted by molar-refractivity contribution is 0.00870. The van der Waals surface area contributed by atoms with E-state index in [1.807, 2.05) is 0 Å². The smallest absolute Gasteiger partial charge is 0.413 e. The maximum atomic E-state index is 12.4. The Labute approximate surface area is 220 Å². The molecule has 4 aromatic rings. The minimum atomic E-state index is -1.13. The Hall–Kier alpha value is -4.43. The van der Waals surface area contributed by atoms with Crippen LogP contribution in [0.3, 0.4) is 0 Å². The molecule has 196 valence electrons. The van der Waals surface area contributed by atoms with Gasteiger partial charge in [0, 0.05) is 39.0 Å². The summed E-state index contributed by atoms with van der Waals surface area (Å²) in [6.45, 7) is 1.80. The summed E-state index contributed by atoms with van der Waals surface area (Å²) in [5.41, 5.74) is 1.39. The van der Waals surface area contributed by atoms with Gasteiger partial charge in [-0.1, -0.05) is 11.6 Å². The Bertz CT molecular complexity index is 1580. The van der Waals surface area contributed by atoms with Crippen molar-refractivity contribution in [3.05, 3.63) is 41.3 Å². The van der Waals surface area contributed by atoms with Crippen molar-refractivity contribution in [2.75, 3.05) is 37.0 Å². The fraction of sp³-hybridized carbons (Fsp3) is 0.304. The minimum absolute atomic E-state index is 0.0972. The third-order valence-corrected chi connectivity index (χ3v) is 6.79. The monoisotopic (exact) mass is 539 g/mol. The Morgan fingerprint density at radius 1 is 1.26 bits per heavy atom. The van der Waals surface area contributed by atoms with Crippen molar-refractivity contribution in [3.63, 3.8) is 0 Å². The van der Waals surface area contributed by atoms with Crippen LogP contribution >= 0.6 is 11.6 Å². The standard InChI is InChI=1S/C23H22ClN9O5/c1-30-5-6-32-14(21(30)34)8-16(29-32)27-22-28-20-19(31(22)2)18(24)15(9-26-20)38-13-3-4-25-17(7-13)33(23(35)36)12-10-37-11-12/h3-4,7-9,12H,5-6,10-11H2,1-2H3,(H,35,36)(H,26,27,28,29). The first-order chi connectivity index (χ1) is 18.3. The summed E-state index contributed by atoms with van der Waals surface area (Å²) in [4.78, 5) is 40.0. The zero-order valence-electron chi connectivity index (χ0n) is 20.3. The molecule has 0 bridgehead atoms. The topological polar surface area (TPSA) is 153 Å². The molecule has 0 aliphatic carbocycles. The van der Waals surface area contributed by atoms with E-state index in [4.69, 9.17) is 21.1 Å². The molecule has 1 saturated heterocycles. The third kappa shape index (κ3) is 4.03. The number of carbonyl (C=O) groups excluding carboxylic acids is 1. The third-order valence-electron chi connectivity index (χ3n) is 6.42. The van der Waals surface area contributed by atoms with Crippen molar-refractivity contribution >= 4 is 52.3 Å². The van der Waals surface area contributed by atoms with E-state index in [1.165, 1.54) is 18.5 Å². The van der Waals surface area contributed by atoms with Gasteiger partial charge in [0.05, 0.1) is 32.0 Å². The number of halogens is 1. The number of ether oxygens (including phenoxy) is 2. The molecule has 0 unspecified atom stereocenters. The number of imidazole rings is 1. The first-order valence-corrected chi connectivity index (χ1v) is 12.0. The molecule has 2 aliphatic rings. The molecule has 2 amide bonds. The van der Waals surface area contributed by atoms with E-state index < -0.39 is 6.09 Å². The average molecular weight is 540 g/mol. The molecule has 0 saturated carbocycles. The number of fused-ring (bicyclic) bond motifs is 2. The van der Waals surface area contributed by atoms with Gasteiger partial charge in [0.1, 0.15) is 27.8 Å². The lowest BCUT2D eigenvalue weighted by atomic mass is 10.2. The predicted octanol–water partition coefficient (Wildman–Crippen LogP) is 2.72. The summed E-state index contributed by atoms with van der Waals surface area (Å²) in [5.74, 6) is 1.61. The van der Waals surface area contributed by atoms with Gasteiger partial charge >= 0.3 is 6.09 Å². The van der Waals surface area contributed by atoms with E-state index in [1.54, 1.807) is 40.4 Å². The highest BCUT2D eigenvalue weighted by atomic mass is 35.5. The summed E-state index contributed by atoms with van der Waals surface area (Å²) in [6.07, 6.45) is 1.77. The lowest BCUT2D eigenvalue weighted by Crippen LogP contribution is -2.51. The molecule has 1 fully saturated rings. The number of likely N-dealkylation sites (N-methyl/N-ethyl adjacent to an activating group) is 1. The molecular formula is C23H22ClN9O5. The number of rotatable bonds is 6. The number of hydrogen-bond donors (Lipinski definition) is 2. The van der Waals surface area contributed by atoms with Gasteiger partial charge in [-0.15, -0.1) is 0 Å². The van der Waals surface area contributed by atoms with Crippen LogP contribution in [-0.4, -0.2) is 84.2 Å². The average Bonchev–Trinajstić information content (AvgIpc) is 3.42. The van der Waals surface area contributed by atoms with Crippen LogP contribution in [0.25, 0.3) is 11.2 Å². The van der Waals surface area contributed by atoms with Gasteiger partial charge in [0.2, 0.25) is 5.95 Å². The van der Waals surface area contributed by atoms with Crippen molar-refractivity contribution in [3.8, 4) is 11.5 Å². The second kappa shape index (κ2) is 9.15. The zero-order valence-corrected chi connectivity index (χ0v) is 21.1. The van der Waals surface area contributed by atoms with E-state index in [9.17, 15) is 14.7 Å². The fourth-order valence-corrected chi connectivity index (χ4v) is 4.61. The molecule has 2 aliphatic heterocycles. The molecule has 4 aromatic heterocycles. The molecule has 0 atom stereocenters. The van der Waals surface area contributed by atoms with Crippen LogP contribution < -0.4 is 15.0 Å². The quantitative estimate of drug-likeness (QED) is 0.374. The fourth-order valence-electron chi connectivity index (χ4n) is 4.31. The number of anilines is 3. The molecule has 6 rings (SSSR count). The molecule has 0 spiro atoms. The van der Waals surface area contributed by atoms with Crippen molar-refractivity contribution in [1.82, 2.24) is 34.2 Å². The number of carbonyl (C=O) groups is 2. The van der Waals surface area contributed by atoms with Crippen LogP contribution in [0.5, 0.6) is 11.5 Å². The Balaban J connectivity index is 1.27. The largest absolute Gasteiger partial charge is 0.465 e. The number of hydrogen-bond acceptors (Lipinski definition) is 9. The number of nitrogens with one attached hydrogen (secondary N) is 1. The number of carboxylic acid groups (broad SMARTS) is 1. The van der Waals surface area contributed by atoms with E-state index in [2.05, 4.69) is 25.4 Å². The van der Waals surface area contributed by atoms with E-state index in [-0.39, 0.29) is 28.5 Å².